The van der Waals surface area contributed by atoms with Crippen molar-refractivity contribution in [1.82, 2.24) is 16.2 Å². The minimum Gasteiger partial charge on any atom is -0.507 e. The SMILES string of the molecule is O=C(NCCC(c1ccccc1)c1ccccc1)NNC(=O)c1ccccc1O. The van der Waals surface area contributed by atoms with Gasteiger partial charge >= 0.3 is 6.03 Å². The first-order chi connectivity index (χ1) is 14.1. The summed E-state index contributed by atoms with van der Waals surface area (Å²) in [5.41, 5.74) is 7.01. The standard InChI is InChI=1S/C23H23N3O3/c27-21-14-8-7-13-20(21)22(28)25-26-23(29)24-16-15-19(17-9-3-1-4-10-17)18-11-5-2-6-12-18/h1-14,19,27H,15-16H2,(H,25,28)(H2,24,26,29). The molecule has 3 aromatic carbocycles. The Bertz CT molecular complexity index is 906. The Labute approximate surface area is 169 Å². The second-order valence-electron chi connectivity index (χ2n) is 6.51. The molecule has 0 bridgehead atoms. The molecule has 0 aliphatic rings. The Morgan fingerprint density at radius 3 is 1.90 bits per heavy atom. The average Bonchev–Trinajstić information content (AvgIpc) is 2.76. The molecule has 0 aromatic heterocycles. The maximum absolute atomic E-state index is 12.0. The van der Waals surface area contributed by atoms with Crippen LogP contribution in [-0.2, 0) is 0 Å². The molecule has 6 heteroatoms. The van der Waals surface area contributed by atoms with E-state index < -0.39 is 11.9 Å². The highest BCUT2D eigenvalue weighted by Crippen LogP contribution is 2.27. The number of urea groups is 1. The zero-order valence-electron chi connectivity index (χ0n) is 15.8. The maximum Gasteiger partial charge on any atom is 0.333 e. The van der Waals surface area contributed by atoms with Gasteiger partial charge in [0.2, 0.25) is 0 Å². The van der Waals surface area contributed by atoms with Crippen LogP contribution in [0.15, 0.2) is 84.9 Å². The number of hydrogen-bond donors (Lipinski definition) is 4. The molecule has 4 N–H and O–H groups in total. The van der Waals surface area contributed by atoms with E-state index in [1.165, 1.54) is 23.3 Å². The molecule has 0 fully saturated rings. The Kier molecular flexibility index (Phi) is 6.84. The van der Waals surface area contributed by atoms with E-state index in [2.05, 4.69) is 40.4 Å². The van der Waals surface area contributed by atoms with Gasteiger partial charge in [0.1, 0.15) is 5.75 Å². The van der Waals surface area contributed by atoms with Gasteiger partial charge in [-0.15, -0.1) is 0 Å². The van der Waals surface area contributed by atoms with E-state index in [4.69, 9.17) is 0 Å². The van der Waals surface area contributed by atoms with Gasteiger partial charge in [0.05, 0.1) is 5.56 Å². The van der Waals surface area contributed by atoms with Crippen LogP contribution in [0, 0.1) is 0 Å². The van der Waals surface area contributed by atoms with Crippen LogP contribution in [0.25, 0.3) is 0 Å². The van der Waals surface area contributed by atoms with Crippen LogP contribution in [0.5, 0.6) is 5.75 Å². The molecule has 0 aliphatic carbocycles. The van der Waals surface area contributed by atoms with Gasteiger partial charge in [-0.2, -0.15) is 0 Å². The van der Waals surface area contributed by atoms with Gasteiger partial charge in [-0.05, 0) is 29.7 Å². The van der Waals surface area contributed by atoms with Crippen LogP contribution in [0.1, 0.15) is 33.8 Å². The van der Waals surface area contributed by atoms with Crippen molar-refractivity contribution in [3.63, 3.8) is 0 Å². The third kappa shape index (κ3) is 5.59. The van der Waals surface area contributed by atoms with Gasteiger partial charge in [-0.25, -0.2) is 10.2 Å². The van der Waals surface area contributed by atoms with Crippen molar-refractivity contribution in [3.05, 3.63) is 102 Å². The molecular weight excluding hydrogens is 366 g/mol. The molecule has 0 unspecified atom stereocenters. The van der Waals surface area contributed by atoms with Gasteiger partial charge in [-0.3, -0.25) is 10.2 Å². The molecule has 0 atom stereocenters. The molecule has 6 nitrogen and oxygen atoms in total. The summed E-state index contributed by atoms with van der Waals surface area (Å²) in [6, 6.07) is 25.8. The van der Waals surface area contributed by atoms with Crippen LogP contribution in [0.4, 0.5) is 4.79 Å². The lowest BCUT2D eigenvalue weighted by atomic mass is 9.88. The highest BCUT2D eigenvalue weighted by atomic mass is 16.3. The summed E-state index contributed by atoms with van der Waals surface area (Å²) in [6.45, 7) is 0.423. The first kappa shape index (κ1) is 19.9. The van der Waals surface area contributed by atoms with Crippen LogP contribution >= 0.6 is 0 Å². The Balaban J connectivity index is 1.52. The Morgan fingerprint density at radius 2 is 1.31 bits per heavy atom. The van der Waals surface area contributed by atoms with Crippen LogP contribution in [-0.4, -0.2) is 23.6 Å². The molecule has 0 saturated heterocycles. The first-order valence-corrected chi connectivity index (χ1v) is 9.37. The van der Waals surface area contributed by atoms with Crippen LogP contribution < -0.4 is 16.2 Å². The molecule has 148 valence electrons. The van der Waals surface area contributed by atoms with E-state index in [0.717, 1.165) is 0 Å². The van der Waals surface area contributed by atoms with Gasteiger partial charge in [0.25, 0.3) is 5.91 Å². The largest absolute Gasteiger partial charge is 0.507 e. The number of phenolic OH excluding ortho intramolecular Hbond substituents is 1. The topological polar surface area (TPSA) is 90.5 Å². The average molecular weight is 389 g/mol. The molecule has 0 heterocycles. The van der Waals surface area contributed by atoms with Crippen molar-refractivity contribution < 1.29 is 14.7 Å². The smallest absolute Gasteiger partial charge is 0.333 e. The van der Waals surface area contributed by atoms with Gasteiger partial charge in [0, 0.05) is 12.5 Å². The molecule has 3 rings (SSSR count). The normalized spacial score (nSPS) is 10.4. The predicted molar refractivity (Wildman–Crippen MR) is 111 cm³/mol. The van der Waals surface area contributed by atoms with Crippen molar-refractivity contribution in [2.24, 2.45) is 0 Å². The number of carbonyl (C=O) groups excluding carboxylic acids is 2. The summed E-state index contributed by atoms with van der Waals surface area (Å²) in [4.78, 5) is 24.0. The first-order valence-electron chi connectivity index (χ1n) is 9.37. The number of benzene rings is 3. The van der Waals surface area contributed by atoms with E-state index in [1.54, 1.807) is 12.1 Å². The fourth-order valence-electron chi connectivity index (χ4n) is 3.12. The summed E-state index contributed by atoms with van der Waals surface area (Å²) in [5.74, 6) is -0.598. The number of rotatable bonds is 6. The molecule has 0 spiro atoms. The number of nitrogens with one attached hydrogen (secondary N) is 3. The van der Waals surface area contributed by atoms with Crippen molar-refractivity contribution in [2.45, 2.75) is 12.3 Å². The van der Waals surface area contributed by atoms with E-state index >= 15 is 0 Å². The van der Waals surface area contributed by atoms with Crippen molar-refractivity contribution in [3.8, 4) is 5.75 Å². The van der Waals surface area contributed by atoms with Gasteiger partial charge < -0.3 is 10.4 Å². The second kappa shape index (κ2) is 9.94. The number of hydrazine groups is 1. The minimum absolute atomic E-state index is 0.0843. The summed E-state index contributed by atoms with van der Waals surface area (Å²) in [7, 11) is 0. The number of phenols is 1. The third-order valence-electron chi connectivity index (χ3n) is 4.56. The number of aromatic hydroxyl groups is 1. The minimum atomic E-state index is -0.593. The third-order valence-corrected chi connectivity index (χ3v) is 4.56. The summed E-state index contributed by atoms with van der Waals surface area (Å²) >= 11 is 0. The van der Waals surface area contributed by atoms with Crippen molar-refractivity contribution in [1.29, 1.82) is 0 Å². The lowest BCUT2D eigenvalue weighted by molar-refractivity contribution is 0.0933. The molecule has 0 saturated carbocycles. The van der Waals surface area contributed by atoms with Gasteiger partial charge in [0.15, 0.2) is 0 Å². The number of para-hydroxylation sites is 1. The van der Waals surface area contributed by atoms with Gasteiger partial charge in [-0.1, -0.05) is 72.8 Å². The fraction of sp³-hybridized carbons (Fsp3) is 0.130. The molecule has 0 aliphatic heterocycles. The van der Waals surface area contributed by atoms with Crippen molar-refractivity contribution in [2.75, 3.05) is 6.54 Å². The Morgan fingerprint density at radius 1 is 0.759 bits per heavy atom. The van der Waals surface area contributed by atoms with E-state index in [-0.39, 0.29) is 17.2 Å². The fourth-order valence-corrected chi connectivity index (χ4v) is 3.12. The van der Waals surface area contributed by atoms with E-state index in [0.29, 0.717) is 13.0 Å². The molecule has 3 amide bonds. The predicted octanol–water partition coefficient (Wildman–Crippen LogP) is 3.56. The summed E-state index contributed by atoms with van der Waals surface area (Å²) < 4.78 is 0. The molecule has 29 heavy (non-hydrogen) atoms. The maximum atomic E-state index is 12.0. The summed E-state index contributed by atoms with van der Waals surface area (Å²) in [5, 5.41) is 12.4. The monoisotopic (exact) mass is 389 g/mol. The highest BCUT2D eigenvalue weighted by Gasteiger charge is 2.15. The zero-order chi connectivity index (χ0) is 20.5. The zero-order valence-corrected chi connectivity index (χ0v) is 15.8. The van der Waals surface area contributed by atoms with Crippen LogP contribution in [0.3, 0.4) is 0 Å². The lowest BCUT2D eigenvalue weighted by Gasteiger charge is -2.18. The highest BCUT2D eigenvalue weighted by molar-refractivity contribution is 5.97. The quantitative estimate of drug-likeness (QED) is 0.486. The van der Waals surface area contributed by atoms with E-state index in [9.17, 15) is 14.7 Å². The summed E-state index contributed by atoms with van der Waals surface area (Å²) in [6.07, 6.45) is 0.703. The molecular formula is C23H23N3O3. The number of hydrogen-bond acceptors (Lipinski definition) is 3. The molecule has 3 aromatic rings. The van der Waals surface area contributed by atoms with Crippen molar-refractivity contribution >= 4 is 11.9 Å². The van der Waals surface area contributed by atoms with Crippen LogP contribution in [0.2, 0.25) is 0 Å². The lowest BCUT2D eigenvalue weighted by Crippen LogP contribution is -2.47. The number of amides is 3. The van der Waals surface area contributed by atoms with E-state index in [1.807, 2.05) is 36.4 Å². The molecule has 0 radical (unpaired) electrons. The second-order valence-corrected chi connectivity index (χ2v) is 6.51. The Hall–Kier alpha value is -3.80. The number of carbonyl (C=O) groups is 2.